The average Bonchev–Trinajstić information content (AvgIpc) is 1.61. The Morgan fingerprint density at radius 3 is 1.06 bits per heavy atom. The first kappa shape index (κ1) is 62.7. The van der Waals surface area contributed by atoms with E-state index in [2.05, 4.69) is 300 Å². The highest BCUT2D eigenvalue weighted by Crippen LogP contribution is 2.44. The predicted octanol–water partition coefficient (Wildman–Crippen LogP) is 25.2. The second kappa shape index (κ2) is 27.7. The lowest BCUT2D eigenvalue weighted by Crippen LogP contribution is -2.31. The summed E-state index contributed by atoms with van der Waals surface area (Å²) in [6.07, 6.45) is 12.4. The van der Waals surface area contributed by atoms with Crippen molar-refractivity contribution in [2.45, 2.75) is 85.9 Å². The summed E-state index contributed by atoms with van der Waals surface area (Å²) in [7, 11) is 8.20. The number of benzene rings is 12. The van der Waals surface area contributed by atoms with Crippen molar-refractivity contribution in [3.63, 3.8) is 0 Å². The van der Waals surface area contributed by atoms with Crippen LogP contribution >= 0.6 is 0 Å². The van der Waals surface area contributed by atoms with Crippen LogP contribution in [0, 0.1) is 34.6 Å². The van der Waals surface area contributed by atoms with Crippen LogP contribution in [0.3, 0.4) is 0 Å². The Bertz CT molecular complexity index is 7300. The minimum absolute atomic E-state index is 0.442. The van der Waals surface area contributed by atoms with E-state index in [1.807, 2.05) is 49.0 Å². The fraction of sp³-hybridized carbons (Fsp3) is 0.168. The smallest absolute Gasteiger partial charge is 0.212 e. The molecule has 8 heteroatoms. The van der Waals surface area contributed by atoms with Crippen molar-refractivity contribution in [2.75, 3.05) is 0 Å². The summed E-state index contributed by atoms with van der Waals surface area (Å²) in [5, 5.41) is 18.4. The molecule has 8 heterocycles. The van der Waals surface area contributed by atoms with Crippen LogP contribution in [0.1, 0.15) is 97.0 Å². The molecule has 0 bridgehead atoms. The van der Waals surface area contributed by atoms with Gasteiger partial charge in [-0.05, 0) is 199 Å². The standard InChI is InChI=1S/C28H26NO.C26H24NO.C24H20NO.C23H18NO/c1-18-15-27-25(23-12-11-20-9-5-6-10-22(20)28(23)30-27)17-24(18)26-16-21(13-14-29(26)2)19-7-3-4-8-19;1-16(2)19-11-12-27(4)24(14-19)22-15-23-21-10-9-18-7-5-6-8-20(18)26(21)28-25(23)13-17(22)3;1-15-10-11-25(3)22(12-15)20-14-21-19-9-8-17-6-4-5-7-18(17)24(19)26-23(21)13-16(20)2;1-15-13-22-20(14-19(15)21-9-5-6-12-24(21)2)18-11-10-16-7-3-4-8-17(16)23(18)25-22/h5-6,9-17,19H,3-4,7-8H2,1-2H3;5-16H,1-4H3;4-14H,1-3H3;3-14H,1-2H3/q4*+1/i19D;1D3,16D;;. The summed E-state index contributed by atoms with van der Waals surface area (Å²) >= 11 is 0. The zero-order chi connectivity index (χ0) is 78.8. The molecule has 1 saturated carbocycles. The van der Waals surface area contributed by atoms with Crippen LogP contribution in [0.15, 0.2) is 291 Å². The van der Waals surface area contributed by atoms with E-state index in [0.29, 0.717) is 5.56 Å². The molecular formula is C101H88N4O4+4. The number of pyridine rings is 4. The van der Waals surface area contributed by atoms with Gasteiger partial charge in [0.15, 0.2) is 24.8 Å². The number of furan rings is 4. The predicted molar refractivity (Wildman–Crippen MR) is 450 cm³/mol. The zero-order valence-electron chi connectivity index (χ0n) is 68.2. The zero-order valence-corrected chi connectivity index (χ0v) is 63.2. The highest BCUT2D eigenvalue weighted by Gasteiger charge is 2.26. The van der Waals surface area contributed by atoms with Gasteiger partial charge in [0.1, 0.15) is 72.9 Å². The number of fused-ring (bicyclic) bond motifs is 20. The van der Waals surface area contributed by atoms with Gasteiger partial charge in [0.25, 0.3) is 0 Å². The minimum Gasteiger partial charge on any atom is -0.455 e. The Labute approximate surface area is 641 Å². The van der Waals surface area contributed by atoms with E-state index in [1.165, 1.54) is 106 Å². The van der Waals surface area contributed by atoms with Crippen molar-refractivity contribution >= 4 is 131 Å². The van der Waals surface area contributed by atoms with Crippen LogP contribution in [0.4, 0.5) is 0 Å². The fourth-order valence-electron chi connectivity index (χ4n) is 16.7. The fourth-order valence-corrected chi connectivity index (χ4v) is 16.7. The number of hydrogen-bond donors (Lipinski definition) is 0. The molecular weight excluding hydrogens is 1330 g/mol. The largest absolute Gasteiger partial charge is 0.455 e. The van der Waals surface area contributed by atoms with E-state index in [1.54, 1.807) is 6.07 Å². The SMILES string of the molecule is Cc1cc2oc3c4ccccc4ccc3c2cc1-c1cccc[n+]1C.Cc1cc[n+](C)c(-c2cc3c(cc2C)oc2c4ccccc4ccc32)c1.[2H]C([2H])([2H])C([2H])(C)c1cc[n+](C)c(-c2cc3c(cc2C)oc2c4ccccc4ccc32)c1.[2H]C1(c2cc[n+](C)c(-c3cc4c(cc3C)oc3c5ccccc5ccc43)c2)CCCC1. The van der Waals surface area contributed by atoms with E-state index in [0.717, 1.165) is 136 Å². The maximum atomic E-state index is 8.97. The van der Waals surface area contributed by atoms with Crippen LogP contribution in [0.25, 0.3) is 176 Å². The molecule has 1 unspecified atom stereocenters. The van der Waals surface area contributed by atoms with Crippen molar-refractivity contribution in [2.24, 2.45) is 28.2 Å². The topological polar surface area (TPSA) is 68.1 Å². The lowest BCUT2D eigenvalue weighted by atomic mass is 9.94. The molecule has 0 saturated heterocycles. The number of rotatable bonds is 6. The van der Waals surface area contributed by atoms with Crippen molar-refractivity contribution in [3.8, 4) is 45.0 Å². The second-order valence-corrected chi connectivity index (χ2v) is 29.9. The molecule has 1 fully saturated rings. The molecule has 21 rings (SSSR count). The molecule has 109 heavy (non-hydrogen) atoms. The first-order valence-electron chi connectivity index (χ1n) is 40.3. The molecule has 12 aromatic carbocycles. The molecule has 0 aliphatic heterocycles. The number of hydrogen-bond acceptors (Lipinski definition) is 4. The summed E-state index contributed by atoms with van der Waals surface area (Å²) < 4.78 is 74.6. The molecule has 0 N–H and O–H groups in total. The Balaban J connectivity index is 0.000000106. The highest BCUT2D eigenvalue weighted by atomic mass is 16.3. The van der Waals surface area contributed by atoms with E-state index in [9.17, 15) is 0 Å². The van der Waals surface area contributed by atoms with E-state index in [4.69, 9.17) is 24.5 Å². The molecule has 0 radical (unpaired) electrons. The van der Waals surface area contributed by atoms with Gasteiger partial charge >= 0.3 is 0 Å². The van der Waals surface area contributed by atoms with Crippen LogP contribution in [0.5, 0.6) is 0 Å². The second-order valence-electron chi connectivity index (χ2n) is 29.9. The molecule has 20 aromatic rings. The summed E-state index contributed by atoms with van der Waals surface area (Å²) in [6, 6.07) is 86.7. The summed E-state index contributed by atoms with van der Waals surface area (Å²) in [5.74, 6) is -2.14. The summed E-state index contributed by atoms with van der Waals surface area (Å²) in [6.45, 7) is 9.64. The molecule has 1 aliphatic carbocycles. The monoisotopic (exact) mass is 1430 g/mol. The third-order valence-corrected chi connectivity index (χ3v) is 22.6. The first-order valence-corrected chi connectivity index (χ1v) is 37.8. The van der Waals surface area contributed by atoms with Gasteiger partial charge in [-0.25, -0.2) is 18.3 Å². The first-order chi connectivity index (χ1) is 54.9. The number of aryl methyl sites for hydroxylation is 9. The van der Waals surface area contributed by atoms with Gasteiger partial charge in [-0.2, -0.15) is 0 Å². The minimum atomic E-state index is -2.43. The molecule has 1 atom stereocenters. The van der Waals surface area contributed by atoms with Crippen molar-refractivity contribution in [3.05, 3.63) is 312 Å². The molecule has 1 aliphatic rings. The Morgan fingerprint density at radius 1 is 0.330 bits per heavy atom. The summed E-state index contributed by atoms with van der Waals surface area (Å²) in [4.78, 5) is 0. The molecule has 0 spiro atoms. The van der Waals surface area contributed by atoms with Crippen LogP contribution < -0.4 is 18.3 Å². The average molecular weight is 1430 g/mol. The number of aromatic nitrogens is 4. The molecule has 532 valence electrons. The summed E-state index contributed by atoms with van der Waals surface area (Å²) in [5.41, 5.74) is 24.1. The van der Waals surface area contributed by atoms with Crippen molar-refractivity contribution in [1.29, 1.82) is 0 Å². The Morgan fingerprint density at radius 2 is 0.670 bits per heavy atom. The third kappa shape index (κ3) is 12.3. The van der Waals surface area contributed by atoms with Gasteiger partial charge in [0.05, 0.1) is 0 Å². The van der Waals surface area contributed by atoms with Crippen LogP contribution in [0.2, 0.25) is 0 Å². The van der Waals surface area contributed by atoms with Gasteiger partial charge in [0, 0.05) is 142 Å². The van der Waals surface area contributed by atoms with Crippen LogP contribution in [-0.2, 0) is 28.2 Å². The molecule has 0 amide bonds. The van der Waals surface area contributed by atoms with Gasteiger partial charge in [-0.15, -0.1) is 0 Å². The highest BCUT2D eigenvalue weighted by molar-refractivity contribution is 6.19. The van der Waals surface area contributed by atoms with Gasteiger partial charge < -0.3 is 17.7 Å². The lowest BCUT2D eigenvalue weighted by molar-refractivity contribution is -0.660. The van der Waals surface area contributed by atoms with Gasteiger partial charge in [-0.1, -0.05) is 148 Å². The van der Waals surface area contributed by atoms with E-state index in [-0.39, 0.29) is 0 Å². The molecule has 8 aromatic heterocycles. The lowest BCUT2D eigenvalue weighted by Gasteiger charge is -2.11. The Hall–Kier alpha value is -12.5. The van der Waals surface area contributed by atoms with Crippen LogP contribution in [-0.4, -0.2) is 0 Å². The number of nitrogens with zero attached hydrogens (tertiary/aromatic N) is 4. The maximum Gasteiger partial charge on any atom is 0.212 e. The van der Waals surface area contributed by atoms with Gasteiger partial charge in [-0.3, -0.25) is 0 Å². The third-order valence-electron chi connectivity index (χ3n) is 22.6. The maximum absolute atomic E-state index is 8.97. The van der Waals surface area contributed by atoms with E-state index >= 15 is 0 Å². The molecule has 8 nitrogen and oxygen atoms in total. The van der Waals surface area contributed by atoms with Crippen molar-refractivity contribution in [1.82, 2.24) is 0 Å². The van der Waals surface area contributed by atoms with Crippen molar-refractivity contribution < 1.29 is 42.8 Å². The normalized spacial score (nSPS) is 14.2. The van der Waals surface area contributed by atoms with Gasteiger partial charge in [0.2, 0.25) is 22.8 Å². The Kier molecular flexibility index (Phi) is 15.9. The quantitative estimate of drug-likeness (QED) is 0.156. The van der Waals surface area contributed by atoms with E-state index < -0.39 is 18.6 Å².